The van der Waals surface area contributed by atoms with Crippen molar-refractivity contribution in [1.82, 2.24) is 30.2 Å². The van der Waals surface area contributed by atoms with Gasteiger partial charge in [0, 0.05) is 62.6 Å². The smallest absolute Gasteiger partial charge is 0.251 e. The third-order valence-electron chi connectivity index (χ3n) is 7.97. The Balaban J connectivity index is 1.16. The maximum atomic E-state index is 13.6. The quantitative estimate of drug-likeness (QED) is 0.303. The summed E-state index contributed by atoms with van der Waals surface area (Å²) >= 11 is 0. The van der Waals surface area contributed by atoms with E-state index in [1.807, 2.05) is 29.3 Å². The number of aliphatic hydroxyl groups is 1. The Labute approximate surface area is 236 Å². The lowest BCUT2D eigenvalue weighted by molar-refractivity contribution is -0.135. The number of amides is 2. The van der Waals surface area contributed by atoms with Crippen molar-refractivity contribution in [3.63, 3.8) is 0 Å². The second-order valence-electron chi connectivity index (χ2n) is 10.9. The molecule has 1 aliphatic carbocycles. The molecule has 3 N–H and O–H groups in total. The number of nitrogens with zero attached hydrogens (tertiary/aromatic N) is 4. The minimum absolute atomic E-state index is 0.0332. The van der Waals surface area contributed by atoms with Crippen LogP contribution in [0.1, 0.15) is 46.7 Å². The highest BCUT2D eigenvalue weighted by Crippen LogP contribution is 2.40. The first-order chi connectivity index (χ1) is 19.5. The molecule has 0 unspecified atom stereocenters. The van der Waals surface area contributed by atoms with Crippen molar-refractivity contribution < 1.29 is 14.7 Å². The fraction of sp³-hybridized carbons (Fsp3) is 0.452. The van der Waals surface area contributed by atoms with E-state index in [2.05, 4.69) is 51.8 Å². The number of hydrogen-bond acceptors (Lipinski definition) is 6. The molecule has 9 nitrogen and oxygen atoms in total. The summed E-state index contributed by atoms with van der Waals surface area (Å²) < 4.78 is 1.74. The molecular weight excluding hydrogens is 504 g/mol. The average molecular weight is 545 g/mol. The van der Waals surface area contributed by atoms with E-state index in [0.717, 1.165) is 38.2 Å². The topological polar surface area (TPSA) is 103 Å². The molecule has 2 fully saturated rings. The van der Waals surface area contributed by atoms with E-state index in [1.54, 1.807) is 23.0 Å². The Morgan fingerprint density at radius 1 is 1.05 bits per heavy atom. The first kappa shape index (κ1) is 28.0. The van der Waals surface area contributed by atoms with E-state index < -0.39 is 6.04 Å². The van der Waals surface area contributed by atoms with Gasteiger partial charge in [-0.15, -0.1) is 0 Å². The van der Waals surface area contributed by atoms with Crippen LogP contribution in [-0.2, 0) is 4.79 Å². The summed E-state index contributed by atoms with van der Waals surface area (Å²) in [4.78, 5) is 30.8. The van der Waals surface area contributed by atoms with Gasteiger partial charge >= 0.3 is 0 Å². The van der Waals surface area contributed by atoms with Crippen LogP contribution >= 0.6 is 0 Å². The van der Waals surface area contributed by atoms with Crippen molar-refractivity contribution >= 4 is 11.8 Å². The van der Waals surface area contributed by atoms with Crippen molar-refractivity contribution in [2.45, 2.75) is 44.2 Å². The maximum Gasteiger partial charge on any atom is 0.251 e. The minimum atomic E-state index is -0.586. The van der Waals surface area contributed by atoms with Crippen molar-refractivity contribution in [3.05, 3.63) is 83.7 Å². The number of aryl methyl sites for hydroxylation is 1. The third kappa shape index (κ3) is 7.15. The highest BCUT2D eigenvalue weighted by atomic mass is 16.3. The van der Waals surface area contributed by atoms with Crippen LogP contribution in [0, 0.1) is 6.92 Å². The molecule has 1 saturated carbocycles. The van der Waals surface area contributed by atoms with E-state index in [0.29, 0.717) is 43.6 Å². The van der Waals surface area contributed by atoms with Crippen LogP contribution in [0.15, 0.2) is 67.0 Å². The van der Waals surface area contributed by atoms with Crippen molar-refractivity contribution in [2.75, 3.05) is 45.9 Å². The molecule has 2 heterocycles. The molecule has 40 heavy (non-hydrogen) atoms. The Kier molecular flexibility index (Phi) is 9.26. The average Bonchev–Trinajstić information content (AvgIpc) is 3.53. The van der Waals surface area contributed by atoms with Crippen LogP contribution in [0.3, 0.4) is 0 Å². The molecule has 3 aromatic rings. The SMILES string of the molecule is Cc1ccc([C@@H]2C[C@H]2NCCC[C@H](NC(=O)c2ccc(-n3cccn3)cc2)C(=O)N2CCN(CCO)CC2)cc1. The number of β-amino-alcohol motifs (C(OH)–C–C–N with tert-alkyl or cyclic N) is 1. The van der Waals surface area contributed by atoms with Crippen molar-refractivity contribution in [1.29, 1.82) is 0 Å². The van der Waals surface area contributed by atoms with E-state index in [1.165, 1.54) is 11.1 Å². The van der Waals surface area contributed by atoms with Gasteiger partial charge in [0.2, 0.25) is 5.91 Å². The number of piperazine rings is 1. The zero-order valence-corrected chi connectivity index (χ0v) is 23.2. The van der Waals surface area contributed by atoms with Crippen LogP contribution in [0.25, 0.3) is 5.69 Å². The molecule has 1 aliphatic heterocycles. The zero-order chi connectivity index (χ0) is 27.9. The number of rotatable bonds is 12. The van der Waals surface area contributed by atoms with Gasteiger partial charge in [-0.2, -0.15) is 5.10 Å². The number of aliphatic hydroxyl groups excluding tert-OH is 1. The summed E-state index contributed by atoms with van der Waals surface area (Å²) in [5, 5.41) is 20.1. The second-order valence-corrected chi connectivity index (χ2v) is 10.9. The number of hydrogen-bond donors (Lipinski definition) is 3. The summed E-state index contributed by atoms with van der Waals surface area (Å²) in [6.45, 7) is 6.29. The summed E-state index contributed by atoms with van der Waals surface area (Å²) in [6.07, 6.45) is 6.05. The summed E-state index contributed by atoms with van der Waals surface area (Å²) in [5.41, 5.74) is 4.03. The molecule has 212 valence electrons. The second kappa shape index (κ2) is 13.2. The molecule has 0 radical (unpaired) electrons. The Morgan fingerprint density at radius 2 is 1.80 bits per heavy atom. The molecule has 0 bridgehead atoms. The van der Waals surface area contributed by atoms with Gasteiger partial charge in [-0.1, -0.05) is 29.8 Å². The summed E-state index contributed by atoms with van der Waals surface area (Å²) in [7, 11) is 0. The molecule has 2 aliphatic rings. The van der Waals surface area contributed by atoms with Gasteiger partial charge in [-0.05, 0) is 68.6 Å². The summed E-state index contributed by atoms with van der Waals surface area (Å²) in [5.74, 6) is 0.269. The molecule has 0 spiro atoms. The van der Waals surface area contributed by atoms with Crippen molar-refractivity contribution in [2.24, 2.45) is 0 Å². The number of carbonyl (C=O) groups is 2. The normalized spacial score (nSPS) is 19.8. The Bertz CT molecular complexity index is 1240. The molecule has 5 rings (SSSR count). The largest absolute Gasteiger partial charge is 0.395 e. The van der Waals surface area contributed by atoms with Gasteiger partial charge in [-0.3, -0.25) is 14.5 Å². The van der Waals surface area contributed by atoms with Crippen LogP contribution in [0.5, 0.6) is 0 Å². The molecule has 3 atom stereocenters. The zero-order valence-electron chi connectivity index (χ0n) is 23.2. The van der Waals surface area contributed by atoms with Crippen LogP contribution < -0.4 is 10.6 Å². The summed E-state index contributed by atoms with van der Waals surface area (Å²) in [6, 6.07) is 17.7. The molecule has 1 saturated heterocycles. The standard InChI is InChI=1S/C31H40N6O3/c1-23-5-7-24(8-6-23)27-22-29(27)32-13-2-4-28(31(40)36-18-16-35(17-19-36)20-21-38)34-30(39)25-9-11-26(12-10-25)37-15-3-14-33-37/h3,5-12,14-15,27-29,32,38H,2,4,13,16-22H2,1H3,(H,34,39)/t27-,28-,29+/m0/s1. The molecular formula is C31H40N6O3. The predicted molar refractivity (Wildman–Crippen MR) is 154 cm³/mol. The van der Waals surface area contributed by atoms with E-state index in [4.69, 9.17) is 0 Å². The molecule has 9 heteroatoms. The van der Waals surface area contributed by atoms with Gasteiger partial charge in [0.25, 0.3) is 5.91 Å². The van der Waals surface area contributed by atoms with Gasteiger partial charge in [0.15, 0.2) is 0 Å². The number of aromatic nitrogens is 2. The highest BCUT2D eigenvalue weighted by molar-refractivity contribution is 5.97. The fourth-order valence-corrected chi connectivity index (χ4v) is 5.44. The van der Waals surface area contributed by atoms with E-state index in [9.17, 15) is 14.7 Å². The van der Waals surface area contributed by atoms with Gasteiger partial charge in [-0.25, -0.2) is 4.68 Å². The predicted octanol–water partition coefficient (Wildman–Crippen LogP) is 2.34. The number of benzene rings is 2. The van der Waals surface area contributed by atoms with Crippen molar-refractivity contribution in [3.8, 4) is 5.69 Å². The minimum Gasteiger partial charge on any atom is -0.395 e. The number of nitrogens with one attached hydrogen (secondary N) is 2. The Morgan fingerprint density at radius 3 is 2.48 bits per heavy atom. The lowest BCUT2D eigenvalue weighted by Gasteiger charge is -2.36. The van der Waals surface area contributed by atoms with E-state index in [-0.39, 0.29) is 18.4 Å². The van der Waals surface area contributed by atoms with Crippen LogP contribution in [-0.4, -0.2) is 94.5 Å². The van der Waals surface area contributed by atoms with Crippen LogP contribution in [0.2, 0.25) is 0 Å². The van der Waals surface area contributed by atoms with E-state index >= 15 is 0 Å². The fourth-order valence-electron chi connectivity index (χ4n) is 5.44. The highest BCUT2D eigenvalue weighted by Gasteiger charge is 2.37. The number of carbonyl (C=O) groups excluding carboxylic acids is 2. The maximum absolute atomic E-state index is 13.6. The van der Waals surface area contributed by atoms with Gasteiger partial charge < -0.3 is 20.6 Å². The lowest BCUT2D eigenvalue weighted by Crippen LogP contribution is -2.55. The third-order valence-corrected chi connectivity index (χ3v) is 7.97. The molecule has 2 amide bonds. The van der Waals surface area contributed by atoms with Crippen LogP contribution in [0.4, 0.5) is 0 Å². The first-order valence-electron chi connectivity index (χ1n) is 14.3. The first-order valence-corrected chi connectivity index (χ1v) is 14.3. The Hall–Kier alpha value is -3.53. The lowest BCUT2D eigenvalue weighted by atomic mass is 10.1. The van der Waals surface area contributed by atoms with Gasteiger partial charge in [0.05, 0.1) is 12.3 Å². The molecule has 1 aromatic heterocycles. The monoisotopic (exact) mass is 544 g/mol. The van der Waals surface area contributed by atoms with Gasteiger partial charge in [0.1, 0.15) is 6.04 Å². The molecule has 2 aromatic carbocycles.